The van der Waals surface area contributed by atoms with E-state index in [4.69, 9.17) is 14.2 Å². The second kappa shape index (κ2) is 11.4. The Morgan fingerprint density at radius 2 is 1.83 bits per heavy atom. The Morgan fingerprint density at radius 1 is 1.14 bits per heavy atom. The standard InChI is InChI=1S/C25H27FN4O5S/c1-33-20-10-17(11-21(34-2)23(20)35-3)27-22(31)14-36-25-28-19-8-9-30(13-18(19)24(32)29-25)12-15-4-6-16(26)7-5-15/h4-7,10-11H,8-9,12-14H2,1-3H3,(H,27,31)(H,28,29,32). The van der Waals surface area contributed by atoms with Gasteiger partial charge in [0.15, 0.2) is 16.7 Å². The number of fused-ring (bicyclic) bond motifs is 1. The first kappa shape index (κ1) is 25.5. The molecular formula is C25H27FN4O5S. The highest BCUT2D eigenvalue weighted by atomic mass is 32.2. The average molecular weight is 515 g/mol. The van der Waals surface area contributed by atoms with Crippen molar-refractivity contribution in [2.45, 2.75) is 24.7 Å². The summed E-state index contributed by atoms with van der Waals surface area (Å²) in [7, 11) is 4.50. The van der Waals surface area contributed by atoms with Crippen LogP contribution in [0.4, 0.5) is 10.1 Å². The Kier molecular flexibility index (Phi) is 8.11. The molecular weight excluding hydrogens is 487 g/mol. The van der Waals surface area contributed by atoms with Crippen molar-refractivity contribution in [2.75, 3.05) is 38.9 Å². The van der Waals surface area contributed by atoms with E-state index in [9.17, 15) is 14.0 Å². The summed E-state index contributed by atoms with van der Waals surface area (Å²) in [5.41, 5.74) is 2.62. The van der Waals surface area contributed by atoms with Crippen molar-refractivity contribution in [3.63, 3.8) is 0 Å². The number of aromatic amines is 1. The number of ether oxygens (including phenoxy) is 3. The zero-order valence-electron chi connectivity index (χ0n) is 20.2. The molecule has 0 saturated carbocycles. The maximum atomic E-state index is 13.2. The predicted molar refractivity (Wildman–Crippen MR) is 135 cm³/mol. The van der Waals surface area contributed by atoms with Crippen LogP contribution in [0.1, 0.15) is 16.8 Å². The van der Waals surface area contributed by atoms with Gasteiger partial charge < -0.3 is 24.5 Å². The number of benzene rings is 2. The summed E-state index contributed by atoms with van der Waals surface area (Å²) in [6.07, 6.45) is 0.617. The van der Waals surface area contributed by atoms with Crippen molar-refractivity contribution in [1.82, 2.24) is 14.9 Å². The molecule has 2 N–H and O–H groups in total. The smallest absolute Gasteiger partial charge is 0.256 e. The number of rotatable bonds is 9. The number of H-pyrrole nitrogens is 1. The van der Waals surface area contributed by atoms with Crippen LogP contribution in [0.3, 0.4) is 0 Å². The van der Waals surface area contributed by atoms with Crippen LogP contribution < -0.4 is 25.1 Å². The molecule has 0 fully saturated rings. The first-order valence-corrected chi connectivity index (χ1v) is 12.2. The summed E-state index contributed by atoms with van der Waals surface area (Å²) < 4.78 is 29.1. The number of hydrogen-bond acceptors (Lipinski definition) is 8. The van der Waals surface area contributed by atoms with Crippen LogP contribution in [0.15, 0.2) is 46.3 Å². The maximum Gasteiger partial charge on any atom is 0.256 e. The van der Waals surface area contributed by atoms with E-state index < -0.39 is 0 Å². The van der Waals surface area contributed by atoms with E-state index in [2.05, 4.69) is 20.2 Å². The molecule has 1 amide bonds. The highest BCUT2D eigenvalue weighted by molar-refractivity contribution is 7.99. The minimum Gasteiger partial charge on any atom is -0.493 e. The number of aromatic nitrogens is 2. The van der Waals surface area contributed by atoms with Gasteiger partial charge in [0.2, 0.25) is 11.7 Å². The third kappa shape index (κ3) is 5.97. The molecule has 9 nitrogen and oxygen atoms in total. The minimum absolute atomic E-state index is 0.0507. The predicted octanol–water partition coefficient (Wildman–Crippen LogP) is 3.22. The quantitative estimate of drug-likeness (QED) is 0.331. The second-order valence-corrected chi connectivity index (χ2v) is 9.10. The van der Waals surface area contributed by atoms with Gasteiger partial charge >= 0.3 is 0 Å². The van der Waals surface area contributed by atoms with Gasteiger partial charge in [-0.2, -0.15) is 0 Å². The van der Waals surface area contributed by atoms with Crippen LogP contribution >= 0.6 is 11.8 Å². The van der Waals surface area contributed by atoms with Crippen LogP contribution in [0.2, 0.25) is 0 Å². The van der Waals surface area contributed by atoms with Gasteiger partial charge in [-0.1, -0.05) is 23.9 Å². The van der Waals surface area contributed by atoms with Gasteiger partial charge in [-0.3, -0.25) is 14.5 Å². The number of nitrogens with zero attached hydrogens (tertiary/aromatic N) is 2. The molecule has 2 heterocycles. The molecule has 0 saturated heterocycles. The lowest BCUT2D eigenvalue weighted by Crippen LogP contribution is -2.35. The van der Waals surface area contributed by atoms with Crippen molar-refractivity contribution >= 4 is 23.4 Å². The Bertz CT molecular complexity index is 1270. The van der Waals surface area contributed by atoms with E-state index in [0.717, 1.165) is 29.6 Å². The first-order chi connectivity index (χ1) is 17.4. The third-order valence-electron chi connectivity index (χ3n) is 5.73. The van der Waals surface area contributed by atoms with Gasteiger partial charge in [0.1, 0.15) is 5.82 Å². The molecule has 0 bridgehead atoms. The van der Waals surface area contributed by atoms with Gasteiger partial charge in [0.25, 0.3) is 5.56 Å². The van der Waals surface area contributed by atoms with Gasteiger partial charge in [0.05, 0.1) is 38.3 Å². The molecule has 190 valence electrons. The molecule has 3 aromatic rings. The molecule has 2 aromatic carbocycles. The fourth-order valence-corrected chi connectivity index (χ4v) is 4.67. The van der Waals surface area contributed by atoms with E-state index in [1.807, 2.05) is 0 Å². The molecule has 0 unspecified atom stereocenters. The summed E-state index contributed by atoms with van der Waals surface area (Å²) in [6.45, 7) is 1.81. The van der Waals surface area contributed by atoms with Crippen molar-refractivity contribution in [3.8, 4) is 17.2 Å². The number of carbonyl (C=O) groups excluding carboxylic acids is 1. The van der Waals surface area contributed by atoms with E-state index in [-0.39, 0.29) is 23.0 Å². The van der Waals surface area contributed by atoms with Crippen LogP contribution in [0, 0.1) is 5.82 Å². The third-order valence-corrected chi connectivity index (χ3v) is 6.61. The number of nitrogens with one attached hydrogen (secondary N) is 2. The largest absolute Gasteiger partial charge is 0.493 e. The zero-order chi connectivity index (χ0) is 25.7. The van der Waals surface area contributed by atoms with Crippen LogP contribution in [0.25, 0.3) is 0 Å². The van der Waals surface area contributed by atoms with Crippen LogP contribution in [-0.2, 0) is 24.3 Å². The fourth-order valence-electron chi connectivity index (χ4n) is 3.99. The number of thioether (sulfide) groups is 1. The lowest BCUT2D eigenvalue weighted by molar-refractivity contribution is -0.113. The van der Waals surface area contributed by atoms with E-state index in [1.54, 1.807) is 24.3 Å². The van der Waals surface area contributed by atoms with Gasteiger partial charge in [-0.25, -0.2) is 9.37 Å². The van der Waals surface area contributed by atoms with Crippen LogP contribution in [-0.4, -0.2) is 54.4 Å². The molecule has 4 rings (SSSR count). The van der Waals surface area contributed by atoms with Gasteiger partial charge in [-0.05, 0) is 17.7 Å². The lowest BCUT2D eigenvalue weighted by Gasteiger charge is -2.27. The summed E-state index contributed by atoms with van der Waals surface area (Å²) in [4.78, 5) is 34.8. The Labute approximate surface area is 212 Å². The van der Waals surface area contributed by atoms with Gasteiger partial charge in [0, 0.05) is 43.9 Å². The summed E-state index contributed by atoms with van der Waals surface area (Å²) in [5, 5.41) is 3.19. The molecule has 11 heteroatoms. The molecule has 0 aliphatic carbocycles. The normalized spacial score (nSPS) is 13.1. The SMILES string of the molecule is COc1cc(NC(=O)CSc2nc3c(c(=O)[nH]2)CN(Cc2ccc(F)cc2)CC3)cc(OC)c1OC. The number of carbonyl (C=O) groups is 1. The topological polar surface area (TPSA) is 106 Å². The minimum atomic E-state index is -0.278. The average Bonchev–Trinajstić information content (AvgIpc) is 2.88. The monoisotopic (exact) mass is 514 g/mol. The van der Waals surface area contributed by atoms with Crippen molar-refractivity contribution < 1.29 is 23.4 Å². The van der Waals surface area contributed by atoms with Gasteiger partial charge in [-0.15, -0.1) is 0 Å². The number of amides is 1. The van der Waals surface area contributed by atoms with Crippen molar-refractivity contribution in [1.29, 1.82) is 0 Å². The molecule has 1 aromatic heterocycles. The fraction of sp³-hybridized carbons (Fsp3) is 0.320. The van der Waals surface area contributed by atoms with Crippen LogP contribution in [0.5, 0.6) is 17.2 Å². The first-order valence-electron chi connectivity index (χ1n) is 11.2. The Morgan fingerprint density at radius 3 is 2.47 bits per heavy atom. The second-order valence-electron chi connectivity index (χ2n) is 8.13. The highest BCUT2D eigenvalue weighted by Crippen LogP contribution is 2.40. The summed E-state index contributed by atoms with van der Waals surface area (Å²) in [6, 6.07) is 9.64. The zero-order valence-corrected chi connectivity index (χ0v) is 21.0. The number of methoxy groups -OCH3 is 3. The van der Waals surface area contributed by atoms with Crippen molar-refractivity contribution in [2.24, 2.45) is 0 Å². The molecule has 0 radical (unpaired) electrons. The Balaban J connectivity index is 1.38. The summed E-state index contributed by atoms with van der Waals surface area (Å²) in [5.74, 6) is 0.780. The highest BCUT2D eigenvalue weighted by Gasteiger charge is 2.22. The Hall–Kier alpha value is -3.57. The van der Waals surface area contributed by atoms with E-state index in [0.29, 0.717) is 53.2 Å². The molecule has 1 aliphatic rings. The molecule has 0 atom stereocenters. The van der Waals surface area contributed by atoms with Crippen molar-refractivity contribution in [3.05, 3.63) is 69.4 Å². The maximum absolute atomic E-state index is 13.2. The van der Waals surface area contributed by atoms with E-state index in [1.165, 1.54) is 33.5 Å². The lowest BCUT2D eigenvalue weighted by atomic mass is 10.1. The number of hydrogen-bond donors (Lipinski definition) is 2. The molecule has 36 heavy (non-hydrogen) atoms. The number of anilines is 1. The number of halogens is 1. The molecule has 0 spiro atoms. The molecule has 1 aliphatic heterocycles. The van der Waals surface area contributed by atoms with E-state index >= 15 is 0 Å². The summed E-state index contributed by atoms with van der Waals surface area (Å²) >= 11 is 1.15.